The molecule has 1 N–H and O–H groups in total. The Morgan fingerprint density at radius 3 is 2.59 bits per heavy atom. The first-order valence-electron chi connectivity index (χ1n) is 6.87. The lowest BCUT2D eigenvalue weighted by molar-refractivity contribution is 0.151. The second-order valence-corrected chi connectivity index (χ2v) is 5.76. The van der Waals surface area contributed by atoms with Gasteiger partial charge in [0.2, 0.25) is 0 Å². The van der Waals surface area contributed by atoms with E-state index in [1.165, 1.54) is 25.8 Å². The molecule has 0 saturated heterocycles. The minimum atomic E-state index is -0.387. The van der Waals surface area contributed by atoms with E-state index in [0.717, 1.165) is 18.9 Å². The molecule has 1 saturated carbocycles. The van der Waals surface area contributed by atoms with Crippen LogP contribution >= 0.6 is 0 Å². The SMILES string of the molecule is CCNC(C)(C#N)CC(C)N(C)CC1CCC1. The Morgan fingerprint density at radius 2 is 2.18 bits per heavy atom. The van der Waals surface area contributed by atoms with Crippen molar-refractivity contribution in [1.82, 2.24) is 10.2 Å². The first kappa shape index (κ1) is 14.5. The third kappa shape index (κ3) is 4.29. The van der Waals surface area contributed by atoms with E-state index in [9.17, 15) is 5.26 Å². The van der Waals surface area contributed by atoms with Gasteiger partial charge in [-0.05, 0) is 52.6 Å². The fourth-order valence-electron chi connectivity index (χ4n) is 2.56. The van der Waals surface area contributed by atoms with Crippen LogP contribution in [0, 0.1) is 17.2 Å². The highest BCUT2D eigenvalue weighted by Crippen LogP contribution is 2.28. The van der Waals surface area contributed by atoms with Crippen LogP contribution < -0.4 is 5.32 Å². The van der Waals surface area contributed by atoms with Gasteiger partial charge in [-0.25, -0.2) is 0 Å². The van der Waals surface area contributed by atoms with Gasteiger partial charge in [0.15, 0.2) is 0 Å². The minimum Gasteiger partial charge on any atom is -0.303 e. The van der Waals surface area contributed by atoms with Crippen molar-refractivity contribution in [2.75, 3.05) is 20.1 Å². The Kier molecular flexibility index (Phi) is 5.42. The van der Waals surface area contributed by atoms with E-state index in [0.29, 0.717) is 6.04 Å². The monoisotopic (exact) mass is 237 g/mol. The Bertz CT molecular complexity index is 267. The Labute approximate surface area is 106 Å². The lowest BCUT2D eigenvalue weighted by Gasteiger charge is -2.36. The van der Waals surface area contributed by atoms with Crippen LogP contribution in [0.2, 0.25) is 0 Å². The van der Waals surface area contributed by atoms with Crippen LogP contribution in [0.15, 0.2) is 0 Å². The van der Waals surface area contributed by atoms with Crippen LogP contribution in [0.25, 0.3) is 0 Å². The Morgan fingerprint density at radius 1 is 1.53 bits per heavy atom. The van der Waals surface area contributed by atoms with Gasteiger partial charge >= 0.3 is 0 Å². The van der Waals surface area contributed by atoms with Gasteiger partial charge in [-0.2, -0.15) is 5.26 Å². The van der Waals surface area contributed by atoms with Gasteiger partial charge in [-0.3, -0.25) is 5.32 Å². The summed E-state index contributed by atoms with van der Waals surface area (Å²) in [6.07, 6.45) is 5.07. The summed E-state index contributed by atoms with van der Waals surface area (Å²) in [4.78, 5) is 2.41. The number of rotatable bonds is 7. The zero-order chi connectivity index (χ0) is 12.9. The molecule has 0 aromatic rings. The summed E-state index contributed by atoms with van der Waals surface area (Å²) < 4.78 is 0. The largest absolute Gasteiger partial charge is 0.303 e. The lowest BCUT2D eigenvalue weighted by Crippen LogP contribution is -2.47. The Balaban J connectivity index is 2.39. The number of nitriles is 1. The standard InChI is InChI=1S/C14H27N3/c1-5-16-14(3,11-15)9-12(2)17(4)10-13-7-6-8-13/h12-13,16H,5-10H2,1-4H3. The predicted octanol–water partition coefficient (Wildman–Crippen LogP) is 2.39. The van der Waals surface area contributed by atoms with Crippen molar-refractivity contribution in [1.29, 1.82) is 5.26 Å². The quantitative estimate of drug-likeness (QED) is 0.739. The van der Waals surface area contributed by atoms with Gasteiger partial charge < -0.3 is 4.90 Å². The zero-order valence-corrected chi connectivity index (χ0v) is 11.8. The van der Waals surface area contributed by atoms with E-state index in [1.807, 2.05) is 6.92 Å². The fraction of sp³-hybridized carbons (Fsp3) is 0.929. The molecular formula is C14H27N3. The lowest BCUT2D eigenvalue weighted by atomic mass is 9.84. The molecule has 2 atom stereocenters. The van der Waals surface area contributed by atoms with E-state index in [4.69, 9.17) is 0 Å². The summed E-state index contributed by atoms with van der Waals surface area (Å²) in [6.45, 7) is 8.33. The average molecular weight is 237 g/mol. The van der Waals surface area contributed by atoms with Gasteiger partial charge in [0.25, 0.3) is 0 Å². The molecule has 3 nitrogen and oxygen atoms in total. The van der Waals surface area contributed by atoms with E-state index < -0.39 is 0 Å². The Hall–Kier alpha value is -0.590. The summed E-state index contributed by atoms with van der Waals surface area (Å²) in [7, 11) is 2.19. The van der Waals surface area contributed by atoms with E-state index in [1.54, 1.807) is 0 Å². The van der Waals surface area contributed by atoms with Crippen molar-refractivity contribution in [3.63, 3.8) is 0 Å². The molecule has 0 aromatic carbocycles. The van der Waals surface area contributed by atoms with Crippen LogP contribution in [-0.4, -0.2) is 36.6 Å². The first-order valence-corrected chi connectivity index (χ1v) is 6.87. The predicted molar refractivity (Wildman–Crippen MR) is 71.7 cm³/mol. The van der Waals surface area contributed by atoms with Gasteiger partial charge in [-0.15, -0.1) is 0 Å². The average Bonchev–Trinajstić information content (AvgIpc) is 2.23. The van der Waals surface area contributed by atoms with Crippen molar-refractivity contribution < 1.29 is 0 Å². The molecule has 3 heteroatoms. The normalized spacial score (nSPS) is 21.6. The molecule has 0 amide bonds. The third-order valence-corrected chi connectivity index (χ3v) is 4.04. The van der Waals surface area contributed by atoms with Crippen LogP contribution in [0.1, 0.15) is 46.5 Å². The van der Waals surface area contributed by atoms with E-state index in [2.05, 4.69) is 37.2 Å². The first-order chi connectivity index (χ1) is 8.00. The van der Waals surface area contributed by atoms with Gasteiger partial charge in [-0.1, -0.05) is 13.3 Å². The van der Waals surface area contributed by atoms with E-state index >= 15 is 0 Å². The molecule has 0 radical (unpaired) electrons. The topological polar surface area (TPSA) is 39.1 Å². The molecule has 1 aliphatic rings. The molecule has 98 valence electrons. The highest BCUT2D eigenvalue weighted by atomic mass is 15.1. The molecule has 0 aromatic heterocycles. The van der Waals surface area contributed by atoms with Crippen LogP contribution in [0.3, 0.4) is 0 Å². The summed E-state index contributed by atoms with van der Waals surface area (Å²) >= 11 is 0. The number of nitrogens with zero attached hydrogens (tertiary/aromatic N) is 2. The van der Waals surface area contributed by atoms with Crippen LogP contribution in [-0.2, 0) is 0 Å². The molecule has 0 heterocycles. The molecule has 1 fully saturated rings. The van der Waals surface area contributed by atoms with Gasteiger partial charge in [0.05, 0.1) is 6.07 Å². The molecular weight excluding hydrogens is 210 g/mol. The summed E-state index contributed by atoms with van der Waals surface area (Å²) in [6, 6.07) is 2.87. The maximum Gasteiger partial charge on any atom is 0.105 e. The molecule has 17 heavy (non-hydrogen) atoms. The zero-order valence-electron chi connectivity index (χ0n) is 11.8. The van der Waals surface area contributed by atoms with Crippen molar-refractivity contribution in [3.05, 3.63) is 0 Å². The highest BCUT2D eigenvalue weighted by molar-refractivity contribution is 5.05. The van der Waals surface area contributed by atoms with E-state index in [-0.39, 0.29) is 5.54 Å². The summed E-state index contributed by atoms with van der Waals surface area (Å²) in [5.41, 5.74) is -0.387. The number of hydrogen-bond donors (Lipinski definition) is 1. The molecule has 0 aliphatic heterocycles. The molecule has 1 rings (SSSR count). The second-order valence-electron chi connectivity index (χ2n) is 5.76. The highest BCUT2D eigenvalue weighted by Gasteiger charge is 2.28. The molecule has 1 aliphatic carbocycles. The smallest absolute Gasteiger partial charge is 0.105 e. The van der Waals surface area contributed by atoms with Crippen LogP contribution in [0.4, 0.5) is 0 Å². The van der Waals surface area contributed by atoms with Crippen molar-refractivity contribution >= 4 is 0 Å². The number of hydrogen-bond acceptors (Lipinski definition) is 3. The molecule has 0 bridgehead atoms. The maximum atomic E-state index is 9.26. The van der Waals surface area contributed by atoms with Crippen LogP contribution in [0.5, 0.6) is 0 Å². The summed E-state index contributed by atoms with van der Waals surface area (Å²) in [5.74, 6) is 0.898. The van der Waals surface area contributed by atoms with Crippen molar-refractivity contribution in [3.8, 4) is 6.07 Å². The fourth-order valence-corrected chi connectivity index (χ4v) is 2.56. The molecule has 0 spiro atoms. The minimum absolute atomic E-state index is 0.387. The van der Waals surface area contributed by atoms with Gasteiger partial charge in [0.1, 0.15) is 5.54 Å². The molecule has 2 unspecified atom stereocenters. The third-order valence-electron chi connectivity index (χ3n) is 4.04. The summed E-state index contributed by atoms with van der Waals surface area (Å²) in [5, 5.41) is 12.5. The van der Waals surface area contributed by atoms with Crippen molar-refractivity contribution in [2.24, 2.45) is 5.92 Å². The van der Waals surface area contributed by atoms with Crippen molar-refractivity contribution in [2.45, 2.75) is 58.0 Å². The number of nitrogens with one attached hydrogen (secondary N) is 1. The maximum absolute atomic E-state index is 9.26. The van der Waals surface area contributed by atoms with Gasteiger partial charge in [0, 0.05) is 12.6 Å². The second kappa shape index (κ2) is 6.37.